The number of aldehydes is 1. The normalized spacial score (nSPS) is 14.3. The van der Waals surface area contributed by atoms with Crippen molar-refractivity contribution in [1.82, 2.24) is 20.4 Å². The van der Waals surface area contributed by atoms with Crippen LogP contribution in [0.3, 0.4) is 0 Å². The average molecular weight is 1010 g/mol. The Balaban J connectivity index is 0.000000302. The third-order valence-electron chi connectivity index (χ3n) is 13.0. The maximum atomic E-state index is 13.9. The van der Waals surface area contributed by atoms with E-state index in [1.165, 1.54) is 22.3 Å². The van der Waals surface area contributed by atoms with E-state index in [2.05, 4.69) is 69.9 Å². The van der Waals surface area contributed by atoms with Gasteiger partial charge in [-0.1, -0.05) is 54.6 Å². The van der Waals surface area contributed by atoms with E-state index in [9.17, 15) is 24.0 Å². The van der Waals surface area contributed by atoms with Crippen molar-refractivity contribution < 1.29 is 42.9 Å². The van der Waals surface area contributed by atoms with Crippen molar-refractivity contribution >= 4 is 54.2 Å². The minimum Gasteiger partial charge on any atom is -0.493 e. The van der Waals surface area contributed by atoms with Crippen LogP contribution in [0.4, 0.5) is 17.1 Å². The van der Waals surface area contributed by atoms with Crippen LogP contribution in [0.2, 0.25) is 0 Å². The van der Waals surface area contributed by atoms with Gasteiger partial charge in [0.05, 0.1) is 49.8 Å². The molecule has 0 radical (unpaired) electrons. The van der Waals surface area contributed by atoms with Gasteiger partial charge in [0.15, 0.2) is 23.0 Å². The van der Waals surface area contributed by atoms with E-state index < -0.39 is 6.04 Å². The molecular formula is C58H69N7O9. The van der Waals surface area contributed by atoms with Crippen molar-refractivity contribution in [2.24, 2.45) is 4.99 Å². The van der Waals surface area contributed by atoms with Crippen molar-refractivity contribution in [2.45, 2.75) is 90.8 Å². The summed E-state index contributed by atoms with van der Waals surface area (Å²) < 4.78 is 23.8. The van der Waals surface area contributed by atoms with Crippen LogP contribution >= 0.6 is 0 Å². The molecule has 0 aliphatic carbocycles. The summed E-state index contributed by atoms with van der Waals surface area (Å²) in [7, 11) is 4.88. The zero-order valence-electron chi connectivity index (χ0n) is 43.2. The van der Waals surface area contributed by atoms with Crippen LogP contribution in [0.1, 0.15) is 81.9 Å². The van der Waals surface area contributed by atoms with Gasteiger partial charge in [0, 0.05) is 50.4 Å². The van der Waals surface area contributed by atoms with Gasteiger partial charge in [-0.15, -0.1) is 6.58 Å². The number of nitrogens with zero attached hydrogens (tertiary/aromatic N) is 3. The summed E-state index contributed by atoms with van der Waals surface area (Å²) in [5.74, 6) is 1.76. The number of nitrogens with one attached hydrogen (secondary N) is 4. The molecule has 8 rings (SSSR count). The number of rotatable bonds is 20. The summed E-state index contributed by atoms with van der Waals surface area (Å²) in [5.41, 5.74) is 10.2. The number of benzene rings is 5. The Morgan fingerprint density at radius 3 is 2.14 bits per heavy atom. The van der Waals surface area contributed by atoms with Crippen molar-refractivity contribution in [3.05, 3.63) is 148 Å². The smallest absolute Gasteiger partial charge is 0.256 e. The molecule has 3 aliphatic heterocycles. The molecule has 2 unspecified atom stereocenters. The molecule has 16 nitrogen and oxygen atoms in total. The Labute approximate surface area is 434 Å². The zero-order valence-corrected chi connectivity index (χ0v) is 43.2. The maximum Gasteiger partial charge on any atom is 0.256 e. The first kappa shape index (κ1) is 55.3. The molecule has 0 bridgehead atoms. The second kappa shape index (κ2) is 27.7. The predicted molar refractivity (Wildman–Crippen MR) is 289 cm³/mol. The second-order valence-corrected chi connectivity index (χ2v) is 18.2. The van der Waals surface area contributed by atoms with Gasteiger partial charge in [0.2, 0.25) is 18.2 Å². The summed E-state index contributed by atoms with van der Waals surface area (Å²) in [5, 5.41) is 11.9. The first-order valence-electron chi connectivity index (χ1n) is 24.8. The van der Waals surface area contributed by atoms with E-state index in [-0.39, 0.29) is 43.5 Å². The lowest BCUT2D eigenvalue weighted by Crippen LogP contribution is -2.45. The molecule has 16 heteroatoms. The zero-order chi connectivity index (χ0) is 53.0. The number of aryl methyl sites for hydroxylation is 1. The lowest BCUT2D eigenvalue weighted by atomic mass is 9.94. The van der Waals surface area contributed by atoms with Crippen LogP contribution < -0.4 is 40.2 Å². The Morgan fingerprint density at radius 2 is 1.50 bits per heavy atom. The standard InChI is InChI=1S/C39H43N5O6.C10H11NO.C9H15NO2/c1-23-11-34(47-5)36(17-32(23)41-4)49-21-25-12-26(14-29(13-25)43-38(45)24(2)40-3)22-50-37-18-33-31(16-35(37)48-6)39(46)44-20-28-10-8-7-9-27(28)15-30(44)19-42-33;12-8-11-6-5-9-3-1-2-4-10(9)7-11;1-2-3-4-5-6-9(12)10-7-8-11/h7-14,16-18,24,30,40,42H,4,15,19-22H2,1-3,5-6H3,(H,43,45);1-4,8H,5-7H2;2,8H,1,3-7H2,(H,10,12). The maximum absolute atomic E-state index is 13.9. The number of methoxy groups -OCH3 is 2. The first-order chi connectivity index (χ1) is 35.9. The largest absolute Gasteiger partial charge is 0.493 e. The molecule has 4 amide bonds. The van der Waals surface area contributed by atoms with Crippen LogP contribution in [0.25, 0.3) is 0 Å². The highest BCUT2D eigenvalue weighted by atomic mass is 16.5. The summed E-state index contributed by atoms with van der Waals surface area (Å²) in [6, 6.07) is 29.1. The van der Waals surface area contributed by atoms with Gasteiger partial charge < -0.3 is 54.8 Å². The Morgan fingerprint density at radius 1 is 0.851 bits per heavy atom. The number of likely N-dealkylation sites (N-methyl/N-ethyl adjacent to an activating group) is 1. The van der Waals surface area contributed by atoms with E-state index in [1.807, 2.05) is 71.3 Å². The molecule has 3 aliphatic rings. The molecule has 4 N–H and O–H groups in total. The number of fused-ring (bicyclic) bond motifs is 4. The van der Waals surface area contributed by atoms with Crippen LogP contribution in [0, 0.1) is 6.92 Å². The van der Waals surface area contributed by atoms with Crippen LogP contribution in [0.5, 0.6) is 23.0 Å². The molecule has 0 aromatic heterocycles. The first-order valence-corrected chi connectivity index (χ1v) is 24.8. The topological polar surface area (TPSA) is 189 Å². The van der Waals surface area contributed by atoms with E-state index in [4.69, 9.17) is 18.9 Å². The van der Waals surface area contributed by atoms with Gasteiger partial charge in [-0.25, -0.2) is 0 Å². The molecule has 0 fully saturated rings. The Hall–Kier alpha value is -7.98. The number of hydrogen-bond acceptors (Lipinski definition) is 12. The third-order valence-corrected chi connectivity index (χ3v) is 13.0. The quantitative estimate of drug-likeness (QED) is 0.0254. The molecule has 74 heavy (non-hydrogen) atoms. The Kier molecular flexibility index (Phi) is 20.7. The van der Waals surface area contributed by atoms with E-state index in [0.29, 0.717) is 71.4 Å². The summed E-state index contributed by atoms with van der Waals surface area (Å²) in [6.07, 6.45) is 8.52. The fraction of sp³-hybridized carbons (Fsp3) is 0.345. The number of carbonyl (C=O) groups is 5. The third kappa shape index (κ3) is 15.0. The number of unbranched alkanes of at least 4 members (excludes halogenated alkanes) is 2. The van der Waals surface area contributed by atoms with Gasteiger partial charge in [-0.3, -0.25) is 24.2 Å². The lowest BCUT2D eigenvalue weighted by Gasteiger charge is -2.35. The summed E-state index contributed by atoms with van der Waals surface area (Å²) >= 11 is 0. The van der Waals surface area contributed by atoms with Crippen LogP contribution in [-0.2, 0) is 58.3 Å². The molecule has 2 atom stereocenters. The van der Waals surface area contributed by atoms with Gasteiger partial charge in [0.1, 0.15) is 19.5 Å². The number of ether oxygens (including phenoxy) is 4. The molecule has 0 saturated heterocycles. The molecule has 390 valence electrons. The number of anilines is 2. The molecule has 3 heterocycles. The predicted octanol–water partition coefficient (Wildman–Crippen LogP) is 8.29. The number of carbonyl (C=O) groups excluding carboxylic acids is 5. The van der Waals surface area contributed by atoms with Crippen molar-refractivity contribution in [3.8, 4) is 23.0 Å². The molecule has 0 saturated carbocycles. The highest BCUT2D eigenvalue weighted by Crippen LogP contribution is 2.39. The number of hydrogen-bond donors (Lipinski definition) is 4. The molecule has 0 spiro atoms. The van der Waals surface area contributed by atoms with E-state index >= 15 is 0 Å². The summed E-state index contributed by atoms with van der Waals surface area (Å²) in [6.45, 7) is 14.2. The highest BCUT2D eigenvalue weighted by molar-refractivity contribution is 6.01. The number of amides is 4. The van der Waals surface area contributed by atoms with Gasteiger partial charge >= 0.3 is 0 Å². The molecule has 5 aromatic carbocycles. The molecular weight excluding hydrogens is 939 g/mol. The average Bonchev–Trinajstić information content (AvgIpc) is 3.55. The lowest BCUT2D eigenvalue weighted by molar-refractivity contribution is -0.122. The summed E-state index contributed by atoms with van der Waals surface area (Å²) in [4.78, 5) is 65.7. The second-order valence-electron chi connectivity index (χ2n) is 18.2. The SMILES string of the molecule is C=CCCCCC(=O)NCC=O.C=Nc1cc(OCc2cc(COc3cc4c(cc3OC)C(=O)N3Cc5ccccc5CC3CN4)cc(NC(=O)C(C)NC)c2)c(OC)cc1C.O=CN1CCc2ccccc2C1. The fourth-order valence-corrected chi connectivity index (χ4v) is 8.77. The van der Waals surface area contributed by atoms with E-state index in [1.54, 1.807) is 40.3 Å². The van der Waals surface area contributed by atoms with E-state index in [0.717, 1.165) is 68.3 Å². The van der Waals surface area contributed by atoms with Gasteiger partial charge in [0.25, 0.3) is 5.91 Å². The minimum atomic E-state index is -0.398. The molecule has 5 aromatic rings. The number of aliphatic imine (C=N–C) groups is 1. The van der Waals surface area contributed by atoms with Crippen molar-refractivity contribution in [1.29, 1.82) is 0 Å². The fourth-order valence-electron chi connectivity index (χ4n) is 8.77. The van der Waals surface area contributed by atoms with Gasteiger partial charge in [-0.2, -0.15) is 0 Å². The van der Waals surface area contributed by atoms with Crippen molar-refractivity contribution in [3.63, 3.8) is 0 Å². The minimum absolute atomic E-state index is 0.0314. The van der Waals surface area contributed by atoms with Gasteiger partial charge in [-0.05, 0) is 129 Å². The van der Waals surface area contributed by atoms with Crippen LogP contribution in [-0.4, -0.2) is 99.9 Å². The Bertz CT molecular complexity index is 2780. The monoisotopic (exact) mass is 1010 g/mol. The van der Waals surface area contributed by atoms with Crippen LogP contribution in [0.15, 0.2) is 109 Å². The number of allylic oxidation sites excluding steroid dienone is 1. The highest BCUT2D eigenvalue weighted by Gasteiger charge is 2.34. The van der Waals surface area contributed by atoms with Crippen molar-refractivity contribution in [2.75, 3.05) is 51.5 Å².